The van der Waals surface area contributed by atoms with Crippen molar-refractivity contribution in [1.82, 2.24) is 5.32 Å². The van der Waals surface area contributed by atoms with Crippen LogP contribution in [0, 0.1) is 0 Å². The topological polar surface area (TPSA) is 21.3 Å². The fourth-order valence-electron chi connectivity index (χ4n) is 4.17. The van der Waals surface area contributed by atoms with Crippen molar-refractivity contribution in [3.63, 3.8) is 0 Å². The summed E-state index contributed by atoms with van der Waals surface area (Å²) in [6, 6.07) is 28.3. The Morgan fingerprint density at radius 3 is 2.33 bits per heavy atom. The molecule has 1 fully saturated rings. The first-order valence-corrected chi connectivity index (χ1v) is 11.7. The van der Waals surface area contributed by atoms with Crippen LogP contribution >= 0.6 is 15.9 Å². The van der Waals surface area contributed by atoms with Crippen molar-refractivity contribution in [2.75, 3.05) is 6.54 Å². The van der Waals surface area contributed by atoms with Crippen LogP contribution in [0.5, 0.6) is 5.75 Å². The molecule has 1 atom stereocenters. The van der Waals surface area contributed by atoms with Crippen LogP contribution < -0.4 is 10.1 Å². The lowest BCUT2D eigenvalue weighted by atomic mass is 9.73. The first kappa shape index (κ1) is 21.1. The molecule has 30 heavy (non-hydrogen) atoms. The minimum Gasteiger partial charge on any atom is -0.489 e. The van der Waals surface area contributed by atoms with E-state index in [1.54, 1.807) is 0 Å². The van der Waals surface area contributed by atoms with Gasteiger partial charge in [-0.05, 0) is 55.1 Å². The maximum atomic E-state index is 6.36. The van der Waals surface area contributed by atoms with Crippen LogP contribution in [0.2, 0.25) is 0 Å². The summed E-state index contributed by atoms with van der Waals surface area (Å²) in [5.41, 5.74) is 3.59. The molecule has 4 rings (SSSR count). The van der Waals surface area contributed by atoms with Gasteiger partial charge in [-0.25, -0.2) is 0 Å². The normalized spacial score (nSPS) is 15.9. The SMILES string of the molecule is CC(CCNC1CCC1)(c1ccccc1)c1cc(Br)ccc1OCc1ccccc1. The van der Waals surface area contributed by atoms with Gasteiger partial charge in [-0.15, -0.1) is 0 Å². The van der Waals surface area contributed by atoms with Crippen molar-refractivity contribution in [2.24, 2.45) is 0 Å². The summed E-state index contributed by atoms with van der Waals surface area (Å²) in [6.45, 7) is 3.92. The maximum Gasteiger partial charge on any atom is 0.123 e. The lowest BCUT2D eigenvalue weighted by Gasteiger charge is -2.35. The van der Waals surface area contributed by atoms with Crippen molar-refractivity contribution in [1.29, 1.82) is 0 Å². The van der Waals surface area contributed by atoms with E-state index >= 15 is 0 Å². The van der Waals surface area contributed by atoms with Gasteiger partial charge in [0.25, 0.3) is 0 Å². The van der Waals surface area contributed by atoms with Crippen molar-refractivity contribution >= 4 is 15.9 Å². The van der Waals surface area contributed by atoms with E-state index in [1.165, 1.54) is 36.0 Å². The number of nitrogens with one attached hydrogen (secondary N) is 1. The van der Waals surface area contributed by atoms with E-state index in [-0.39, 0.29) is 5.41 Å². The Morgan fingerprint density at radius 2 is 1.67 bits per heavy atom. The fraction of sp³-hybridized carbons (Fsp3) is 0.333. The van der Waals surface area contributed by atoms with Gasteiger partial charge in [-0.1, -0.05) is 89.9 Å². The molecule has 0 aromatic heterocycles. The molecule has 3 aromatic carbocycles. The molecule has 0 saturated heterocycles. The van der Waals surface area contributed by atoms with E-state index in [2.05, 4.69) is 101 Å². The third-order valence-corrected chi connectivity index (χ3v) is 6.84. The van der Waals surface area contributed by atoms with Gasteiger partial charge < -0.3 is 10.1 Å². The predicted molar refractivity (Wildman–Crippen MR) is 128 cm³/mol. The van der Waals surface area contributed by atoms with Crippen LogP contribution in [0.25, 0.3) is 0 Å². The van der Waals surface area contributed by atoms with E-state index in [4.69, 9.17) is 4.74 Å². The third kappa shape index (κ3) is 4.96. The van der Waals surface area contributed by atoms with Gasteiger partial charge in [-0.3, -0.25) is 0 Å². The molecule has 0 heterocycles. The predicted octanol–water partition coefficient (Wildman–Crippen LogP) is 6.87. The van der Waals surface area contributed by atoms with Crippen LogP contribution in [0.1, 0.15) is 49.3 Å². The number of rotatable bonds is 9. The minimum absolute atomic E-state index is 0.145. The highest BCUT2D eigenvalue weighted by Crippen LogP contribution is 2.41. The Balaban J connectivity index is 1.63. The molecule has 0 bridgehead atoms. The number of hydrogen-bond donors (Lipinski definition) is 1. The standard InChI is InChI=1S/C27H30BrNO/c1-27(22-11-6-3-7-12-22,17-18-29-24-13-8-14-24)25-19-23(28)15-16-26(25)30-20-21-9-4-2-5-10-21/h2-7,9-12,15-16,19,24,29H,8,13-14,17-18,20H2,1H3. The Labute approximate surface area is 188 Å². The summed E-state index contributed by atoms with van der Waals surface area (Å²) in [4.78, 5) is 0. The van der Waals surface area contributed by atoms with Gasteiger partial charge in [0, 0.05) is 21.5 Å². The Kier molecular flexibility index (Phi) is 6.91. The molecular formula is C27H30BrNO. The van der Waals surface area contributed by atoms with Crippen LogP contribution in [-0.4, -0.2) is 12.6 Å². The smallest absolute Gasteiger partial charge is 0.123 e. The molecule has 0 aliphatic heterocycles. The van der Waals surface area contributed by atoms with Gasteiger partial charge in [0.2, 0.25) is 0 Å². The van der Waals surface area contributed by atoms with Crippen molar-refractivity contribution in [3.8, 4) is 5.75 Å². The minimum atomic E-state index is -0.145. The molecule has 3 aromatic rings. The highest BCUT2D eigenvalue weighted by Gasteiger charge is 2.32. The molecular weight excluding hydrogens is 434 g/mol. The van der Waals surface area contributed by atoms with Crippen LogP contribution in [0.3, 0.4) is 0 Å². The number of benzene rings is 3. The average molecular weight is 464 g/mol. The molecule has 1 aliphatic carbocycles. The van der Waals surface area contributed by atoms with E-state index in [0.717, 1.165) is 23.2 Å². The summed E-state index contributed by atoms with van der Waals surface area (Å²) in [5, 5.41) is 3.75. The summed E-state index contributed by atoms with van der Waals surface area (Å²) < 4.78 is 7.45. The molecule has 0 spiro atoms. The van der Waals surface area contributed by atoms with Gasteiger partial charge in [0.05, 0.1) is 0 Å². The van der Waals surface area contributed by atoms with E-state index in [0.29, 0.717) is 12.6 Å². The van der Waals surface area contributed by atoms with E-state index in [9.17, 15) is 0 Å². The zero-order chi connectivity index (χ0) is 20.8. The largest absolute Gasteiger partial charge is 0.489 e. The second-order valence-corrected chi connectivity index (χ2v) is 9.36. The summed E-state index contributed by atoms with van der Waals surface area (Å²) in [5.74, 6) is 0.956. The molecule has 1 N–H and O–H groups in total. The number of ether oxygens (including phenoxy) is 1. The molecule has 2 nitrogen and oxygen atoms in total. The first-order valence-electron chi connectivity index (χ1n) is 10.9. The van der Waals surface area contributed by atoms with Gasteiger partial charge >= 0.3 is 0 Å². The Hall–Kier alpha value is -2.10. The third-order valence-electron chi connectivity index (χ3n) is 6.35. The molecule has 0 amide bonds. The number of hydrogen-bond acceptors (Lipinski definition) is 2. The van der Waals surface area contributed by atoms with E-state index < -0.39 is 0 Å². The molecule has 3 heteroatoms. The second kappa shape index (κ2) is 9.80. The summed E-state index contributed by atoms with van der Waals surface area (Å²) in [7, 11) is 0. The molecule has 1 aliphatic rings. The van der Waals surface area contributed by atoms with Crippen LogP contribution in [0.4, 0.5) is 0 Å². The Morgan fingerprint density at radius 1 is 0.967 bits per heavy atom. The summed E-state index contributed by atoms with van der Waals surface area (Å²) in [6.07, 6.45) is 5.00. The monoisotopic (exact) mass is 463 g/mol. The van der Waals surface area contributed by atoms with Crippen molar-refractivity contribution < 1.29 is 4.74 Å². The fourth-order valence-corrected chi connectivity index (χ4v) is 4.53. The lowest BCUT2D eigenvalue weighted by molar-refractivity contribution is 0.293. The average Bonchev–Trinajstić information content (AvgIpc) is 2.76. The molecule has 156 valence electrons. The van der Waals surface area contributed by atoms with Gasteiger partial charge in [0.1, 0.15) is 12.4 Å². The van der Waals surface area contributed by atoms with Gasteiger partial charge in [-0.2, -0.15) is 0 Å². The zero-order valence-electron chi connectivity index (χ0n) is 17.6. The van der Waals surface area contributed by atoms with Crippen LogP contribution in [0.15, 0.2) is 83.3 Å². The van der Waals surface area contributed by atoms with Crippen molar-refractivity contribution in [2.45, 2.75) is 50.7 Å². The Bertz CT molecular complexity index is 940. The lowest BCUT2D eigenvalue weighted by Crippen LogP contribution is -2.38. The van der Waals surface area contributed by atoms with E-state index in [1.807, 2.05) is 6.07 Å². The highest BCUT2D eigenvalue weighted by molar-refractivity contribution is 9.10. The molecule has 0 radical (unpaired) electrons. The molecule has 1 unspecified atom stereocenters. The second-order valence-electron chi connectivity index (χ2n) is 8.44. The summed E-state index contributed by atoms with van der Waals surface area (Å²) >= 11 is 3.70. The van der Waals surface area contributed by atoms with Crippen LogP contribution in [-0.2, 0) is 12.0 Å². The number of halogens is 1. The first-order chi connectivity index (χ1) is 14.6. The molecule has 1 saturated carbocycles. The zero-order valence-corrected chi connectivity index (χ0v) is 19.2. The quantitative estimate of drug-likeness (QED) is 0.373. The highest BCUT2D eigenvalue weighted by atomic mass is 79.9. The maximum absolute atomic E-state index is 6.36. The van der Waals surface area contributed by atoms with Gasteiger partial charge in [0.15, 0.2) is 0 Å². The van der Waals surface area contributed by atoms with Crippen molar-refractivity contribution in [3.05, 3.63) is 100 Å².